The molecule has 3 heterocycles. The molecule has 1 saturated heterocycles. The Morgan fingerprint density at radius 2 is 1.77 bits per heavy atom. The lowest BCUT2D eigenvalue weighted by atomic mass is 10.0. The van der Waals surface area contributed by atoms with E-state index in [4.69, 9.17) is 9.72 Å². The number of carbonyl (C=O) groups excluding carboxylic acids is 1. The van der Waals surface area contributed by atoms with Crippen LogP contribution in [0.2, 0.25) is 0 Å². The van der Waals surface area contributed by atoms with Crippen LogP contribution >= 0.6 is 0 Å². The zero-order valence-electron chi connectivity index (χ0n) is 22.1. The summed E-state index contributed by atoms with van der Waals surface area (Å²) in [5.74, 6) is 1.31. The molecule has 0 unspecified atom stereocenters. The van der Waals surface area contributed by atoms with Crippen LogP contribution in [0.4, 0.5) is 22.0 Å². The molecule has 1 aliphatic rings. The Morgan fingerprint density at radius 3 is 2.49 bits per heavy atom. The fraction of sp³-hybridized carbons (Fsp3) is 0.321. The first kappa shape index (κ1) is 26.3. The van der Waals surface area contributed by atoms with Gasteiger partial charge >= 0.3 is 6.03 Å². The summed E-state index contributed by atoms with van der Waals surface area (Å²) in [5, 5.41) is 23.8. The summed E-state index contributed by atoms with van der Waals surface area (Å²) in [6.07, 6.45) is 1.99. The van der Waals surface area contributed by atoms with Crippen molar-refractivity contribution in [1.29, 1.82) is 0 Å². The Balaban J connectivity index is 1.53. The van der Waals surface area contributed by atoms with E-state index < -0.39 is 0 Å². The average Bonchev–Trinajstić information content (AvgIpc) is 3.50. The van der Waals surface area contributed by atoms with Crippen molar-refractivity contribution >= 4 is 23.2 Å². The van der Waals surface area contributed by atoms with Gasteiger partial charge in [0, 0.05) is 48.3 Å². The fourth-order valence-electron chi connectivity index (χ4n) is 4.78. The highest BCUT2D eigenvalue weighted by Crippen LogP contribution is 2.33. The first-order valence-corrected chi connectivity index (χ1v) is 13.1. The molecule has 5 rings (SSSR count). The third kappa shape index (κ3) is 6.57. The van der Waals surface area contributed by atoms with Crippen LogP contribution in [-0.2, 0) is 4.74 Å². The van der Waals surface area contributed by atoms with E-state index in [1.165, 1.54) is 0 Å². The maximum Gasteiger partial charge on any atom is 0.323 e. The number of aromatic amines is 1. The second kappa shape index (κ2) is 12.5. The first-order chi connectivity index (χ1) is 19.1. The summed E-state index contributed by atoms with van der Waals surface area (Å²) in [6.45, 7) is 5.14. The minimum atomic E-state index is -0.333. The second-order valence-electron chi connectivity index (χ2n) is 9.51. The number of aromatic nitrogens is 5. The van der Waals surface area contributed by atoms with E-state index in [1.54, 1.807) is 7.11 Å². The molecule has 202 valence electrons. The van der Waals surface area contributed by atoms with E-state index in [1.807, 2.05) is 67.6 Å². The number of pyridine rings is 1. The number of benzene rings is 2. The number of carbonyl (C=O) groups is 1. The summed E-state index contributed by atoms with van der Waals surface area (Å²) >= 11 is 0. The van der Waals surface area contributed by atoms with Crippen LogP contribution in [0.15, 0.2) is 60.7 Å². The monoisotopic (exact) mass is 527 g/mol. The minimum absolute atomic E-state index is 0.298. The molecule has 0 radical (unpaired) electrons. The topological polar surface area (TPSA) is 133 Å². The molecule has 0 atom stereocenters. The quantitative estimate of drug-likeness (QED) is 0.256. The van der Waals surface area contributed by atoms with E-state index in [-0.39, 0.29) is 6.03 Å². The van der Waals surface area contributed by atoms with Gasteiger partial charge in [0.2, 0.25) is 0 Å². The van der Waals surface area contributed by atoms with Crippen LogP contribution in [0.1, 0.15) is 18.4 Å². The highest BCUT2D eigenvalue weighted by molar-refractivity contribution is 6.00. The van der Waals surface area contributed by atoms with Gasteiger partial charge in [-0.3, -0.25) is 0 Å². The molecule has 0 aliphatic carbocycles. The third-order valence-corrected chi connectivity index (χ3v) is 6.76. The molecular formula is C28H33N9O2. The van der Waals surface area contributed by atoms with Crippen LogP contribution in [-0.4, -0.2) is 71.0 Å². The van der Waals surface area contributed by atoms with Gasteiger partial charge in [0.05, 0.1) is 12.3 Å². The summed E-state index contributed by atoms with van der Waals surface area (Å²) in [4.78, 5) is 20.4. The van der Waals surface area contributed by atoms with Crippen molar-refractivity contribution in [2.45, 2.75) is 25.8 Å². The van der Waals surface area contributed by atoms with Crippen molar-refractivity contribution in [2.24, 2.45) is 0 Å². The smallest absolute Gasteiger partial charge is 0.323 e. The van der Waals surface area contributed by atoms with E-state index in [0.717, 1.165) is 48.4 Å². The van der Waals surface area contributed by atoms with Gasteiger partial charge in [0.25, 0.3) is 0 Å². The number of nitrogens with one attached hydrogen (secondary N) is 4. The molecule has 4 N–H and O–H groups in total. The number of tetrazole rings is 1. The SMILES string of the molecule is COCCN(c1cc(NC(=O)Nc2ccc(C)cc2)cc(-c2ccccc2-c2nnn[nH]2)n1)C1CCNCC1. The Morgan fingerprint density at radius 1 is 1.03 bits per heavy atom. The first-order valence-electron chi connectivity index (χ1n) is 13.1. The van der Waals surface area contributed by atoms with Crippen molar-refractivity contribution < 1.29 is 9.53 Å². The molecule has 0 spiro atoms. The summed E-state index contributed by atoms with van der Waals surface area (Å²) in [6, 6.07) is 19.2. The highest BCUT2D eigenvalue weighted by Gasteiger charge is 2.24. The molecule has 1 aliphatic heterocycles. The van der Waals surface area contributed by atoms with Crippen molar-refractivity contribution in [1.82, 2.24) is 30.9 Å². The number of amides is 2. The minimum Gasteiger partial charge on any atom is -0.383 e. The number of hydrogen-bond donors (Lipinski definition) is 4. The fourth-order valence-corrected chi connectivity index (χ4v) is 4.78. The van der Waals surface area contributed by atoms with E-state index in [0.29, 0.717) is 42.1 Å². The van der Waals surface area contributed by atoms with Gasteiger partial charge in [-0.05, 0) is 61.5 Å². The second-order valence-corrected chi connectivity index (χ2v) is 9.51. The Labute approximate surface area is 227 Å². The lowest BCUT2D eigenvalue weighted by Gasteiger charge is -2.36. The number of H-pyrrole nitrogens is 1. The molecule has 1 fully saturated rings. The number of nitrogens with zero attached hydrogens (tertiary/aromatic N) is 5. The Bertz CT molecular complexity index is 1370. The summed E-state index contributed by atoms with van der Waals surface area (Å²) in [5.41, 5.74) is 4.82. The number of ether oxygens (including phenoxy) is 1. The maximum atomic E-state index is 13.0. The maximum absolute atomic E-state index is 13.0. The normalized spacial score (nSPS) is 13.7. The van der Waals surface area contributed by atoms with Crippen LogP contribution in [0.25, 0.3) is 22.6 Å². The standard InChI is InChI=1S/C28H33N9O2/c1-19-7-9-20(10-8-19)30-28(38)31-21-17-25(23-5-3-4-6-24(23)27-33-35-36-34-27)32-26(18-21)37(15-16-39-2)22-11-13-29-14-12-22/h3-10,17-18,22,29H,11-16H2,1-2H3,(H2,30,31,32,38)(H,33,34,35,36). The van der Waals surface area contributed by atoms with Crippen molar-refractivity contribution in [3.8, 4) is 22.6 Å². The lowest BCUT2D eigenvalue weighted by molar-refractivity contribution is 0.201. The molecule has 4 aromatic rings. The van der Waals surface area contributed by atoms with Crippen LogP contribution < -0.4 is 20.9 Å². The molecule has 2 aromatic heterocycles. The number of rotatable bonds is 9. The molecule has 0 saturated carbocycles. The zero-order valence-corrected chi connectivity index (χ0v) is 22.1. The summed E-state index contributed by atoms with van der Waals surface area (Å²) in [7, 11) is 1.70. The van der Waals surface area contributed by atoms with Gasteiger partial charge in [0.15, 0.2) is 5.82 Å². The molecule has 11 nitrogen and oxygen atoms in total. The van der Waals surface area contributed by atoms with Gasteiger partial charge in [-0.1, -0.05) is 42.0 Å². The van der Waals surface area contributed by atoms with E-state index in [9.17, 15) is 4.79 Å². The van der Waals surface area contributed by atoms with Gasteiger partial charge < -0.3 is 25.6 Å². The Hall–Kier alpha value is -4.35. The van der Waals surface area contributed by atoms with E-state index in [2.05, 4.69) is 41.5 Å². The van der Waals surface area contributed by atoms with Crippen LogP contribution in [0.3, 0.4) is 0 Å². The van der Waals surface area contributed by atoms with Crippen molar-refractivity contribution in [3.63, 3.8) is 0 Å². The third-order valence-electron chi connectivity index (χ3n) is 6.76. The zero-order chi connectivity index (χ0) is 27.0. The highest BCUT2D eigenvalue weighted by atomic mass is 16.5. The molecule has 0 bridgehead atoms. The largest absolute Gasteiger partial charge is 0.383 e. The number of anilines is 3. The number of urea groups is 1. The molecular weight excluding hydrogens is 494 g/mol. The lowest BCUT2D eigenvalue weighted by Crippen LogP contribution is -2.45. The van der Waals surface area contributed by atoms with Gasteiger partial charge in [-0.2, -0.15) is 0 Å². The van der Waals surface area contributed by atoms with Crippen LogP contribution in [0.5, 0.6) is 0 Å². The number of methoxy groups -OCH3 is 1. The molecule has 11 heteroatoms. The molecule has 39 heavy (non-hydrogen) atoms. The van der Waals surface area contributed by atoms with Gasteiger partial charge in [-0.15, -0.1) is 5.10 Å². The molecule has 2 amide bonds. The van der Waals surface area contributed by atoms with Crippen molar-refractivity contribution in [3.05, 3.63) is 66.2 Å². The Kier molecular flexibility index (Phi) is 8.39. The predicted octanol–water partition coefficient (Wildman–Crippen LogP) is 4.09. The van der Waals surface area contributed by atoms with Crippen LogP contribution in [0, 0.1) is 6.92 Å². The van der Waals surface area contributed by atoms with E-state index >= 15 is 0 Å². The average molecular weight is 528 g/mol. The number of aryl methyl sites for hydroxylation is 1. The number of hydrogen-bond acceptors (Lipinski definition) is 8. The van der Waals surface area contributed by atoms with Crippen molar-refractivity contribution in [2.75, 3.05) is 48.9 Å². The number of piperidine rings is 1. The van der Waals surface area contributed by atoms with Gasteiger partial charge in [0.1, 0.15) is 5.82 Å². The predicted molar refractivity (Wildman–Crippen MR) is 152 cm³/mol. The van der Waals surface area contributed by atoms with Gasteiger partial charge in [-0.25, -0.2) is 14.9 Å². The molecule has 2 aromatic carbocycles. The summed E-state index contributed by atoms with van der Waals surface area (Å²) < 4.78 is 5.45.